The minimum atomic E-state index is -5.99. The Morgan fingerprint density at radius 2 is 1.84 bits per heavy atom. The van der Waals surface area contributed by atoms with E-state index in [9.17, 15) is 26.7 Å². The second kappa shape index (κ2) is 4.84. The van der Waals surface area contributed by atoms with Gasteiger partial charge in [-0.1, -0.05) is 12.1 Å². The van der Waals surface area contributed by atoms with Crippen LogP contribution in [0.2, 0.25) is 0 Å². The number of rotatable bonds is 2. The smallest absolute Gasteiger partial charge is 0.319 e. The third-order valence-corrected chi connectivity index (χ3v) is 2.27. The van der Waals surface area contributed by atoms with Crippen molar-refractivity contribution in [3.8, 4) is 6.07 Å². The van der Waals surface area contributed by atoms with E-state index in [1.165, 1.54) is 24.4 Å². The molecule has 1 N–H and O–H groups in total. The summed E-state index contributed by atoms with van der Waals surface area (Å²) in [6.07, 6.45) is -5.99. The van der Waals surface area contributed by atoms with Gasteiger partial charge in [-0.05, 0) is 18.6 Å². The molecule has 0 unspecified atom stereocenters. The molecule has 0 spiro atoms. The monoisotopic (exact) mass is 278 g/mol. The summed E-state index contributed by atoms with van der Waals surface area (Å²) in [6, 6.07) is 5.46. The van der Waals surface area contributed by atoms with E-state index in [-0.39, 0.29) is 5.56 Å². The van der Waals surface area contributed by atoms with Crippen LogP contribution in [0.5, 0.6) is 0 Å². The molecule has 0 atom stereocenters. The van der Waals surface area contributed by atoms with Crippen LogP contribution < -0.4 is 5.32 Å². The summed E-state index contributed by atoms with van der Waals surface area (Å²) < 4.78 is 61.4. The number of nitriles is 1. The van der Waals surface area contributed by atoms with Gasteiger partial charge in [0, 0.05) is 0 Å². The minimum absolute atomic E-state index is 0.172. The molecule has 0 saturated heterocycles. The quantitative estimate of drug-likeness (QED) is 0.845. The van der Waals surface area contributed by atoms with Crippen LogP contribution in [0, 0.1) is 18.3 Å². The summed E-state index contributed by atoms with van der Waals surface area (Å²) in [7, 11) is 0. The lowest BCUT2D eigenvalue weighted by Gasteiger charge is -2.19. The molecule has 0 radical (unpaired) electrons. The van der Waals surface area contributed by atoms with E-state index >= 15 is 0 Å². The topological polar surface area (TPSA) is 52.9 Å². The number of nitrogens with zero attached hydrogens (tertiary/aromatic N) is 1. The van der Waals surface area contributed by atoms with E-state index in [0.717, 1.165) is 6.07 Å². The Labute approximate surface area is 104 Å². The summed E-state index contributed by atoms with van der Waals surface area (Å²) in [5.41, 5.74) is -0.221. The van der Waals surface area contributed by atoms with Crippen LogP contribution in [0.3, 0.4) is 0 Å². The first kappa shape index (κ1) is 14.9. The molecular weight excluding hydrogens is 271 g/mol. The third-order valence-electron chi connectivity index (χ3n) is 2.27. The molecule has 1 aromatic rings. The van der Waals surface area contributed by atoms with Crippen molar-refractivity contribution in [1.29, 1.82) is 5.26 Å². The van der Waals surface area contributed by atoms with Crippen molar-refractivity contribution in [3.63, 3.8) is 0 Å². The number of amides is 1. The highest BCUT2D eigenvalue weighted by molar-refractivity contribution is 5.97. The molecule has 19 heavy (non-hydrogen) atoms. The Morgan fingerprint density at radius 1 is 1.26 bits per heavy atom. The lowest BCUT2D eigenvalue weighted by Crippen LogP contribution is -2.47. The van der Waals surface area contributed by atoms with E-state index in [4.69, 9.17) is 5.26 Å². The number of alkyl halides is 5. The fourth-order valence-electron chi connectivity index (χ4n) is 1.25. The Morgan fingerprint density at radius 3 is 2.32 bits per heavy atom. The van der Waals surface area contributed by atoms with Gasteiger partial charge in [0.1, 0.15) is 6.07 Å². The van der Waals surface area contributed by atoms with Crippen LogP contribution in [0.15, 0.2) is 18.2 Å². The molecular formula is C11H7F5N2O. The van der Waals surface area contributed by atoms with E-state index in [1.807, 2.05) is 0 Å². The van der Waals surface area contributed by atoms with Gasteiger partial charge in [0.05, 0.1) is 11.3 Å². The highest BCUT2D eigenvalue weighted by atomic mass is 19.4. The molecule has 3 nitrogen and oxygen atoms in total. The SMILES string of the molecule is Cc1cccc(NC(=O)C(F)(F)C(F)(F)F)c1C#N. The van der Waals surface area contributed by atoms with E-state index < -0.39 is 23.7 Å². The molecule has 1 aromatic carbocycles. The standard InChI is InChI=1S/C11H7F5N2O/c1-6-3-2-4-8(7(6)5-17)18-9(19)10(12,13)11(14,15)16/h2-4H,1H3,(H,18,19). The molecule has 0 heterocycles. The highest BCUT2D eigenvalue weighted by Crippen LogP contribution is 2.36. The van der Waals surface area contributed by atoms with Crippen LogP contribution in [0.25, 0.3) is 0 Å². The fourth-order valence-corrected chi connectivity index (χ4v) is 1.25. The predicted octanol–water partition coefficient (Wildman–Crippen LogP) is 3.00. The van der Waals surface area contributed by atoms with Gasteiger partial charge in [0.2, 0.25) is 0 Å². The van der Waals surface area contributed by atoms with Gasteiger partial charge >= 0.3 is 18.0 Å². The first-order chi connectivity index (χ1) is 8.61. The van der Waals surface area contributed by atoms with Crippen molar-refractivity contribution in [2.75, 3.05) is 5.32 Å². The van der Waals surface area contributed by atoms with Gasteiger partial charge in [0.25, 0.3) is 0 Å². The van der Waals surface area contributed by atoms with Crippen LogP contribution in [0.1, 0.15) is 11.1 Å². The number of hydrogen-bond acceptors (Lipinski definition) is 2. The van der Waals surface area contributed by atoms with Crippen LogP contribution in [-0.2, 0) is 4.79 Å². The molecule has 0 aliphatic carbocycles. The summed E-state index contributed by atoms with van der Waals surface area (Å²) in [4.78, 5) is 11.0. The van der Waals surface area contributed by atoms with E-state index in [1.54, 1.807) is 6.07 Å². The van der Waals surface area contributed by atoms with Crippen LogP contribution in [0.4, 0.5) is 27.6 Å². The van der Waals surface area contributed by atoms with Crippen molar-refractivity contribution in [3.05, 3.63) is 29.3 Å². The molecule has 1 amide bonds. The Hall–Kier alpha value is -2.17. The summed E-state index contributed by atoms with van der Waals surface area (Å²) in [5.74, 6) is -8.05. The average Bonchev–Trinajstić information content (AvgIpc) is 2.27. The van der Waals surface area contributed by atoms with Gasteiger partial charge in [-0.25, -0.2) is 0 Å². The van der Waals surface area contributed by atoms with Gasteiger partial charge in [-0.15, -0.1) is 0 Å². The predicted molar refractivity (Wildman–Crippen MR) is 55.5 cm³/mol. The van der Waals surface area contributed by atoms with Crippen molar-refractivity contribution in [1.82, 2.24) is 0 Å². The molecule has 1 rings (SSSR count). The Kier molecular flexibility index (Phi) is 3.79. The summed E-state index contributed by atoms with van der Waals surface area (Å²) in [6.45, 7) is 1.45. The molecule has 102 valence electrons. The molecule has 0 saturated carbocycles. The zero-order valence-corrected chi connectivity index (χ0v) is 9.48. The van der Waals surface area contributed by atoms with Gasteiger partial charge in [-0.3, -0.25) is 4.79 Å². The molecule has 0 fully saturated rings. The molecule has 8 heteroatoms. The number of nitrogens with one attached hydrogen (secondary N) is 1. The average molecular weight is 278 g/mol. The summed E-state index contributed by atoms with van der Waals surface area (Å²) in [5, 5.41) is 10.2. The number of carbonyl (C=O) groups is 1. The molecule has 0 aliphatic heterocycles. The van der Waals surface area contributed by atoms with Gasteiger partial charge in [0.15, 0.2) is 0 Å². The molecule has 0 aliphatic rings. The van der Waals surface area contributed by atoms with Crippen molar-refractivity contribution >= 4 is 11.6 Å². The zero-order chi connectivity index (χ0) is 14.8. The first-order valence-electron chi connectivity index (χ1n) is 4.87. The minimum Gasteiger partial charge on any atom is -0.319 e. The van der Waals surface area contributed by atoms with E-state index in [0.29, 0.717) is 5.56 Å². The second-order valence-electron chi connectivity index (χ2n) is 3.64. The number of hydrogen-bond donors (Lipinski definition) is 1. The second-order valence-corrected chi connectivity index (χ2v) is 3.64. The number of aryl methyl sites for hydroxylation is 1. The fraction of sp³-hybridized carbons (Fsp3) is 0.273. The number of halogens is 5. The van der Waals surface area contributed by atoms with Crippen molar-refractivity contribution in [2.45, 2.75) is 19.0 Å². The maximum absolute atomic E-state index is 12.7. The lowest BCUT2D eigenvalue weighted by molar-refractivity contribution is -0.267. The normalized spacial score (nSPS) is 11.8. The van der Waals surface area contributed by atoms with Gasteiger partial charge in [-0.2, -0.15) is 27.2 Å². The lowest BCUT2D eigenvalue weighted by atomic mass is 10.1. The highest BCUT2D eigenvalue weighted by Gasteiger charge is 2.63. The van der Waals surface area contributed by atoms with Gasteiger partial charge < -0.3 is 5.32 Å². The van der Waals surface area contributed by atoms with E-state index in [2.05, 4.69) is 0 Å². The number of anilines is 1. The van der Waals surface area contributed by atoms with Crippen LogP contribution >= 0.6 is 0 Å². The molecule has 0 bridgehead atoms. The number of carbonyl (C=O) groups excluding carboxylic acids is 1. The Balaban J connectivity index is 3.09. The molecule has 0 aromatic heterocycles. The maximum Gasteiger partial charge on any atom is 0.463 e. The Bertz CT molecular complexity index is 545. The summed E-state index contributed by atoms with van der Waals surface area (Å²) >= 11 is 0. The van der Waals surface area contributed by atoms with Crippen molar-refractivity contribution in [2.24, 2.45) is 0 Å². The van der Waals surface area contributed by atoms with Crippen molar-refractivity contribution < 1.29 is 26.7 Å². The largest absolute Gasteiger partial charge is 0.463 e. The zero-order valence-electron chi connectivity index (χ0n) is 9.48. The first-order valence-corrected chi connectivity index (χ1v) is 4.87. The number of benzene rings is 1. The van der Waals surface area contributed by atoms with Crippen LogP contribution in [-0.4, -0.2) is 18.0 Å². The maximum atomic E-state index is 12.7. The third kappa shape index (κ3) is 2.81.